The van der Waals surface area contributed by atoms with Crippen LogP contribution in [0.3, 0.4) is 0 Å². The van der Waals surface area contributed by atoms with E-state index in [1.165, 1.54) is 19.4 Å². The van der Waals surface area contributed by atoms with Crippen LogP contribution < -0.4 is 20.2 Å². The van der Waals surface area contributed by atoms with Crippen LogP contribution in [-0.2, 0) is 9.59 Å². The highest BCUT2D eigenvalue weighted by atomic mass is 79.9. The topological polar surface area (TPSA) is 106 Å². The van der Waals surface area contributed by atoms with Gasteiger partial charge in [0.1, 0.15) is 0 Å². The third-order valence-corrected chi connectivity index (χ3v) is 5.21. The average molecular weight is 531 g/mol. The highest BCUT2D eigenvalue weighted by Crippen LogP contribution is 2.29. The van der Waals surface area contributed by atoms with Crippen molar-refractivity contribution in [2.75, 3.05) is 12.4 Å². The fraction of sp³-hybridized carbons (Fsp3) is 0.0435. The van der Waals surface area contributed by atoms with Crippen molar-refractivity contribution in [3.05, 3.63) is 87.4 Å². The van der Waals surface area contributed by atoms with Gasteiger partial charge in [-0.15, -0.1) is 0 Å². The van der Waals surface area contributed by atoms with Crippen molar-refractivity contribution in [3.63, 3.8) is 0 Å². The first-order valence-corrected chi connectivity index (χ1v) is 10.6. The van der Waals surface area contributed by atoms with Crippen LogP contribution in [0.2, 0.25) is 5.02 Å². The number of hydrogen-bond donors (Lipinski definition) is 2. The zero-order chi connectivity index (χ0) is 23.8. The van der Waals surface area contributed by atoms with Gasteiger partial charge in [0.05, 0.1) is 29.6 Å². The van der Waals surface area contributed by atoms with Crippen LogP contribution in [0.25, 0.3) is 0 Å². The highest BCUT2D eigenvalue weighted by molar-refractivity contribution is 9.10. The number of amides is 2. The van der Waals surface area contributed by atoms with Crippen molar-refractivity contribution in [1.29, 1.82) is 0 Å². The number of esters is 1. The summed E-state index contributed by atoms with van der Waals surface area (Å²) in [5, 5.41) is 6.46. The standard InChI is InChI=1S/C23H17BrClN3O5/c1-32-20-12-14(10-11-19(20)33-23(31)15-6-2-3-7-16(15)24)13-26-28-22(30)21(29)27-18-9-5-4-8-17(18)25/h2-13H,1H3,(H,27,29)(H,28,30)/b26-13+. The van der Waals surface area contributed by atoms with Crippen LogP contribution >= 0.6 is 27.5 Å². The van der Waals surface area contributed by atoms with Gasteiger partial charge in [0.25, 0.3) is 0 Å². The van der Waals surface area contributed by atoms with Gasteiger partial charge in [0, 0.05) is 4.47 Å². The number of nitrogens with zero attached hydrogens (tertiary/aromatic N) is 1. The molecule has 0 spiro atoms. The third-order valence-electron chi connectivity index (χ3n) is 4.19. The first-order valence-electron chi connectivity index (χ1n) is 9.42. The van der Waals surface area contributed by atoms with Gasteiger partial charge >= 0.3 is 17.8 Å². The molecule has 8 nitrogen and oxygen atoms in total. The van der Waals surface area contributed by atoms with E-state index in [2.05, 4.69) is 31.8 Å². The zero-order valence-corrected chi connectivity index (χ0v) is 19.5. The van der Waals surface area contributed by atoms with Gasteiger partial charge in [-0.2, -0.15) is 5.10 Å². The maximum absolute atomic E-state index is 12.4. The van der Waals surface area contributed by atoms with Crippen molar-refractivity contribution >= 4 is 57.2 Å². The smallest absolute Gasteiger partial charge is 0.344 e. The van der Waals surface area contributed by atoms with E-state index in [0.717, 1.165) is 0 Å². The second-order valence-corrected chi connectivity index (χ2v) is 7.67. The summed E-state index contributed by atoms with van der Waals surface area (Å²) in [4.78, 5) is 36.3. The highest BCUT2D eigenvalue weighted by Gasteiger charge is 2.16. The Balaban J connectivity index is 1.62. The number of halogens is 2. The van der Waals surface area contributed by atoms with E-state index >= 15 is 0 Å². The summed E-state index contributed by atoms with van der Waals surface area (Å²) in [7, 11) is 1.42. The Morgan fingerprint density at radius 2 is 1.70 bits per heavy atom. The number of rotatable bonds is 6. The molecule has 0 radical (unpaired) electrons. The van der Waals surface area contributed by atoms with E-state index in [0.29, 0.717) is 26.3 Å². The molecule has 2 amide bonds. The molecule has 0 aromatic heterocycles. The fourth-order valence-electron chi connectivity index (χ4n) is 2.59. The van der Waals surface area contributed by atoms with Gasteiger partial charge < -0.3 is 14.8 Å². The number of carbonyl (C=O) groups excluding carboxylic acids is 3. The quantitative estimate of drug-likeness (QED) is 0.161. The number of hydrogen-bond acceptors (Lipinski definition) is 6. The molecule has 2 N–H and O–H groups in total. The second-order valence-electron chi connectivity index (χ2n) is 6.41. The molecule has 0 aliphatic rings. The van der Waals surface area contributed by atoms with Crippen LogP contribution in [-0.4, -0.2) is 31.1 Å². The molecule has 3 aromatic rings. The molecule has 10 heteroatoms. The molecule has 33 heavy (non-hydrogen) atoms. The van der Waals surface area contributed by atoms with Gasteiger partial charge in [-0.3, -0.25) is 9.59 Å². The minimum Gasteiger partial charge on any atom is -0.493 e. The Bertz CT molecular complexity index is 1230. The average Bonchev–Trinajstić information content (AvgIpc) is 2.81. The number of hydrazone groups is 1. The summed E-state index contributed by atoms with van der Waals surface area (Å²) in [5.74, 6) is -1.97. The summed E-state index contributed by atoms with van der Waals surface area (Å²) in [6, 6.07) is 18.1. The summed E-state index contributed by atoms with van der Waals surface area (Å²) < 4.78 is 11.3. The van der Waals surface area contributed by atoms with Crippen LogP contribution in [0, 0.1) is 0 Å². The molecule has 0 bridgehead atoms. The number of carbonyl (C=O) groups is 3. The lowest BCUT2D eigenvalue weighted by Crippen LogP contribution is -2.32. The van der Waals surface area contributed by atoms with Crippen molar-refractivity contribution in [1.82, 2.24) is 5.43 Å². The van der Waals surface area contributed by atoms with Crippen molar-refractivity contribution in [2.45, 2.75) is 0 Å². The van der Waals surface area contributed by atoms with Crippen molar-refractivity contribution in [3.8, 4) is 11.5 Å². The van der Waals surface area contributed by atoms with E-state index in [-0.39, 0.29) is 11.5 Å². The predicted octanol–water partition coefficient (Wildman–Crippen LogP) is 4.42. The summed E-state index contributed by atoms with van der Waals surface area (Å²) >= 11 is 9.26. The lowest BCUT2D eigenvalue weighted by molar-refractivity contribution is -0.136. The fourth-order valence-corrected chi connectivity index (χ4v) is 3.22. The van der Waals surface area contributed by atoms with Gasteiger partial charge in [-0.1, -0.05) is 35.9 Å². The van der Waals surface area contributed by atoms with Gasteiger partial charge in [-0.05, 0) is 64.0 Å². The van der Waals surface area contributed by atoms with E-state index in [4.69, 9.17) is 21.1 Å². The SMILES string of the molecule is COc1cc(/C=N/NC(=O)C(=O)Nc2ccccc2Cl)ccc1OC(=O)c1ccccc1Br. The Morgan fingerprint density at radius 3 is 2.42 bits per heavy atom. The molecule has 0 aliphatic heterocycles. The molecule has 0 saturated carbocycles. The lowest BCUT2D eigenvalue weighted by atomic mass is 10.2. The van der Waals surface area contributed by atoms with Gasteiger partial charge in [0.2, 0.25) is 0 Å². The molecule has 3 aromatic carbocycles. The maximum Gasteiger partial charge on any atom is 0.344 e. The molecule has 0 heterocycles. The zero-order valence-electron chi connectivity index (χ0n) is 17.2. The van der Waals surface area contributed by atoms with E-state index in [1.807, 2.05) is 0 Å². The summed E-state index contributed by atoms with van der Waals surface area (Å²) in [5.41, 5.74) is 3.32. The molecular weight excluding hydrogens is 514 g/mol. The summed E-state index contributed by atoms with van der Waals surface area (Å²) in [6.07, 6.45) is 1.31. The first kappa shape index (κ1) is 24.0. The lowest BCUT2D eigenvalue weighted by Gasteiger charge is -2.10. The third kappa shape index (κ3) is 6.41. The number of methoxy groups -OCH3 is 1. The minimum atomic E-state index is -0.975. The number of nitrogens with one attached hydrogen (secondary N) is 2. The number of para-hydroxylation sites is 1. The molecule has 0 saturated heterocycles. The molecule has 0 aliphatic carbocycles. The molecule has 168 valence electrons. The van der Waals surface area contributed by atoms with Crippen LogP contribution in [0.15, 0.2) is 76.3 Å². The normalized spacial score (nSPS) is 10.5. The largest absolute Gasteiger partial charge is 0.493 e. The summed E-state index contributed by atoms with van der Waals surface area (Å²) in [6.45, 7) is 0. The molecule has 0 unspecified atom stereocenters. The van der Waals surface area contributed by atoms with Gasteiger partial charge in [0.15, 0.2) is 11.5 Å². The number of benzene rings is 3. The maximum atomic E-state index is 12.4. The number of anilines is 1. The van der Waals surface area contributed by atoms with Gasteiger partial charge in [-0.25, -0.2) is 10.2 Å². The Hall–Kier alpha value is -3.69. The molecule has 0 atom stereocenters. The van der Waals surface area contributed by atoms with Crippen LogP contribution in [0.4, 0.5) is 5.69 Å². The van der Waals surface area contributed by atoms with Crippen molar-refractivity contribution < 1.29 is 23.9 Å². The Morgan fingerprint density at radius 1 is 0.970 bits per heavy atom. The van der Waals surface area contributed by atoms with E-state index < -0.39 is 17.8 Å². The van der Waals surface area contributed by atoms with E-state index in [9.17, 15) is 14.4 Å². The first-order chi connectivity index (χ1) is 15.9. The molecule has 3 rings (SSSR count). The second kappa shape index (κ2) is 11.3. The predicted molar refractivity (Wildman–Crippen MR) is 128 cm³/mol. The van der Waals surface area contributed by atoms with E-state index in [1.54, 1.807) is 60.7 Å². The Labute approximate surface area is 202 Å². The van der Waals surface area contributed by atoms with Crippen molar-refractivity contribution in [2.24, 2.45) is 5.10 Å². The number of ether oxygens (including phenoxy) is 2. The molecular formula is C23H17BrClN3O5. The van der Waals surface area contributed by atoms with Crippen LogP contribution in [0.5, 0.6) is 11.5 Å². The minimum absolute atomic E-state index is 0.207. The Kier molecular flexibility index (Phi) is 8.17. The van der Waals surface area contributed by atoms with Crippen LogP contribution in [0.1, 0.15) is 15.9 Å². The monoisotopic (exact) mass is 529 g/mol. The molecule has 0 fully saturated rings.